The van der Waals surface area contributed by atoms with Gasteiger partial charge in [0.15, 0.2) is 0 Å². The van der Waals surface area contributed by atoms with Crippen LogP contribution < -0.4 is 16.4 Å². The van der Waals surface area contributed by atoms with Gasteiger partial charge in [-0.15, -0.1) is 0 Å². The van der Waals surface area contributed by atoms with E-state index in [4.69, 9.17) is 22.1 Å². The third kappa shape index (κ3) is 8.18. The van der Waals surface area contributed by atoms with E-state index in [9.17, 15) is 19.5 Å². The molecule has 200 valence electrons. The van der Waals surface area contributed by atoms with Crippen LogP contribution in [-0.2, 0) is 27.2 Å². The summed E-state index contributed by atoms with van der Waals surface area (Å²) in [6.07, 6.45) is 0.0348. The van der Waals surface area contributed by atoms with Crippen molar-refractivity contribution >= 4 is 35.2 Å². The molecule has 1 unspecified atom stereocenters. The summed E-state index contributed by atoms with van der Waals surface area (Å²) in [6, 6.07) is 14.6. The number of hydrogen-bond acceptors (Lipinski definition) is 6. The minimum absolute atomic E-state index is 0.0647. The highest BCUT2D eigenvalue weighted by Crippen LogP contribution is 2.25. The molecule has 1 aliphatic rings. The van der Waals surface area contributed by atoms with Gasteiger partial charge in [-0.1, -0.05) is 48.9 Å². The van der Waals surface area contributed by atoms with Crippen LogP contribution in [-0.4, -0.2) is 65.8 Å². The number of ether oxygens (including phenoxy) is 1. The molecule has 2 aromatic rings. The number of nitrogens with two attached hydrogens (primary N) is 1. The van der Waals surface area contributed by atoms with E-state index in [1.165, 1.54) is 0 Å². The predicted octanol–water partition coefficient (Wildman–Crippen LogP) is 2.88. The zero-order chi connectivity index (χ0) is 26.8. The number of aliphatic hydroxyl groups is 1. The van der Waals surface area contributed by atoms with Crippen LogP contribution in [0.15, 0.2) is 48.5 Å². The van der Waals surface area contributed by atoms with Crippen LogP contribution in [0.5, 0.6) is 0 Å². The van der Waals surface area contributed by atoms with Crippen molar-refractivity contribution in [2.45, 2.75) is 50.7 Å². The van der Waals surface area contributed by atoms with Gasteiger partial charge in [-0.2, -0.15) is 0 Å². The Labute approximate surface area is 222 Å². The molecule has 3 amide bonds. The summed E-state index contributed by atoms with van der Waals surface area (Å²) < 4.78 is 5.54. The number of hydrogen-bond donors (Lipinski definition) is 4. The molecule has 0 saturated carbocycles. The molecule has 1 saturated heterocycles. The molecule has 1 atom stereocenters. The largest absolute Gasteiger partial charge is 0.447 e. The van der Waals surface area contributed by atoms with E-state index in [-0.39, 0.29) is 45.0 Å². The number of amides is 3. The molecule has 1 fully saturated rings. The van der Waals surface area contributed by atoms with Crippen molar-refractivity contribution < 1.29 is 24.2 Å². The van der Waals surface area contributed by atoms with Gasteiger partial charge in [-0.3, -0.25) is 14.9 Å². The minimum Gasteiger partial charge on any atom is -0.447 e. The Bertz CT molecular complexity index is 1070. The van der Waals surface area contributed by atoms with Crippen LogP contribution in [0.2, 0.25) is 5.02 Å². The van der Waals surface area contributed by atoms with Crippen molar-refractivity contribution in [2.75, 3.05) is 31.6 Å². The first-order chi connectivity index (χ1) is 17.7. The molecule has 9 nitrogen and oxygen atoms in total. The Morgan fingerprint density at radius 1 is 1.14 bits per heavy atom. The lowest BCUT2D eigenvalue weighted by molar-refractivity contribution is -0.142. The molecule has 3 rings (SSSR count). The summed E-state index contributed by atoms with van der Waals surface area (Å²) >= 11 is 6.22. The summed E-state index contributed by atoms with van der Waals surface area (Å²) in [5, 5.41) is 16.3. The number of rotatable bonds is 10. The maximum absolute atomic E-state index is 13.0. The molecule has 0 aliphatic carbocycles. The molecule has 37 heavy (non-hydrogen) atoms. The van der Waals surface area contributed by atoms with Crippen molar-refractivity contribution in [1.82, 2.24) is 10.2 Å². The number of anilines is 1. The van der Waals surface area contributed by atoms with Gasteiger partial charge in [0.1, 0.15) is 12.7 Å². The van der Waals surface area contributed by atoms with Crippen molar-refractivity contribution in [3.63, 3.8) is 0 Å². The van der Waals surface area contributed by atoms with Crippen LogP contribution in [0.4, 0.5) is 10.5 Å². The molecule has 1 heterocycles. The van der Waals surface area contributed by atoms with Gasteiger partial charge >= 0.3 is 6.09 Å². The zero-order valence-electron chi connectivity index (χ0n) is 21.0. The number of nitrogens with one attached hydrogen (secondary N) is 2. The highest BCUT2D eigenvalue weighted by molar-refractivity contribution is 6.31. The Morgan fingerprint density at radius 2 is 1.81 bits per heavy atom. The molecular formula is C27H35ClN4O5. The Kier molecular flexibility index (Phi) is 10.3. The van der Waals surface area contributed by atoms with E-state index < -0.39 is 23.6 Å². The number of aryl methyl sites for hydroxylation is 1. The lowest BCUT2D eigenvalue weighted by atomic mass is 9.87. The molecule has 0 bridgehead atoms. The highest BCUT2D eigenvalue weighted by atomic mass is 35.5. The predicted molar refractivity (Wildman–Crippen MR) is 142 cm³/mol. The number of piperidine rings is 1. The summed E-state index contributed by atoms with van der Waals surface area (Å²) in [7, 11) is 0. The minimum atomic E-state index is -1.16. The summed E-state index contributed by atoms with van der Waals surface area (Å²) in [5.74, 6) is -0.661. The maximum Gasteiger partial charge on any atom is 0.411 e. The maximum atomic E-state index is 13.0. The number of likely N-dealkylation sites (tertiary alicyclic amines) is 1. The molecule has 1 aliphatic heterocycles. The fourth-order valence-electron chi connectivity index (χ4n) is 4.29. The quantitative estimate of drug-likeness (QED) is 0.373. The Balaban J connectivity index is 1.66. The molecule has 2 aromatic carbocycles. The van der Waals surface area contributed by atoms with Crippen LogP contribution in [0.3, 0.4) is 0 Å². The van der Waals surface area contributed by atoms with E-state index in [0.29, 0.717) is 29.1 Å². The Hall–Kier alpha value is -3.14. The summed E-state index contributed by atoms with van der Waals surface area (Å²) in [5.41, 5.74) is 7.03. The molecule has 5 N–H and O–H groups in total. The van der Waals surface area contributed by atoms with E-state index in [2.05, 4.69) is 10.6 Å². The van der Waals surface area contributed by atoms with Gasteiger partial charge < -0.3 is 25.8 Å². The van der Waals surface area contributed by atoms with Crippen LogP contribution in [0.1, 0.15) is 37.3 Å². The lowest BCUT2D eigenvalue weighted by Crippen LogP contribution is -2.60. The number of aliphatic hydroxyl groups excluding tert-OH is 1. The lowest BCUT2D eigenvalue weighted by Gasteiger charge is -2.42. The number of carbonyl (C=O) groups is 3. The third-order valence-electron chi connectivity index (χ3n) is 6.56. The third-order valence-corrected chi connectivity index (χ3v) is 6.93. The van der Waals surface area contributed by atoms with Gasteiger partial charge in [-0.25, -0.2) is 4.79 Å². The number of nitrogens with zero attached hydrogens (tertiary/aromatic N) is 1. The van der Waals surface area contributed by atoms with Gasteiger partial charge in [0.25, 0.3) is 5.91 Å². The normalized spacial score (nSPS) is 15.5. The summed E-state index contributed by atoms with van der Waals surface area (Å²) in [6.45, 7) is 2.75. The summed E-state index contributed by atoms with van der Waals surface area (Å²) in [4.78, 5) is 39.6. The van der Waals surface area contributed by atoms with Crippen molar-refractivity contribution in [1.29, 1.82) is 0 Å². The first kappa shape index (κ1) is 28.4. The van der Waals surface area contributed by atoms with Crippen LogP contribution in [0, 0.1) is 0 Å². The average molecular weight is 531 g/mol. The van der Waals surface area contributed by atoms with Gasteiger partial charge in [0, 0.05) is 23.8 Å². The van der Waals surface area contributed by atoms with E-state index in [1.807, 2.05) is 25.1 Å². The molecule has 0 spiro atoms. The second-order valence-corrected chi connectivity index (χ2v) is 9.67. The highest BCUT2D eigenvalue weighted by Gasteiger charge is 2.39. The molecular weight excluding hydrogens is 496 g/mol. The second-order valence-electron chi connectivity index (χ2n) is 9.27. The van der Waals surface area contributed by atoms with Crippen molar-refractivity contribution in [3.05, 3.63) is 64.7 Å². The van der Waals surface area contributed by atoms with E-state index in [0.717, 1.165) is 12.0 Å². The topological polar surface area (TPSA) is 134 Å². The number of halogens is 1. The van der Waals surface area contributed by atoms with Crippen LogP contribution in [0.25, 0.3) is 0 Å². The first-order valence-corrected chi connectivity index (χ1v) is 12.9. The first-order valence-electron chi connectivity index (χ1n) is 12.5. The van der Waals surface area contributed by atoms with Gasteiger partial charge in [0.2, 0.25) is 5.91 Å². The smallest absolute Gasteiger partial charge is 0.411 e. The second kappa shape index (κ2) is 13.4. The Morgan fingerprint density at radius 3 is 2.43 bits per heavy atom. The number of carbonyl (C=O) groups excluding carboxylic acids is 3. The zero-order valence-corrected chi connectivity index (χ0v) is 21.8. The van der Waals surface area contributed by atoms with E-state index in [1.54, 1.807) is 35.2 Å². The molecule has 0 aromatic heterocycles. The van der Waals surface area contributed by atoms with Gasteiger partial charge in [-0.05, 0) is 61.6 Å². The van der Waals surface area contributed by atoms with Crippen molar-refractivity contribution in [2.24, 2.45) is 5.73 Å². The molecule has 0 radical (unpaired) electrons. The van der Waals surface area contributed by atoms with Crippen molar-refractivity contribution in [3.8, 4) is 0 Å². The fraction of sp³-hybridized carbons (Fsp3) is 0.444. The van der Waals surface area contributed by atoms with Gasteiger partial charge in [0.05, 0.1) is 12.0 Å². The average Bonchev–Trinajstić information content (AvgIpc) is 2.89. The molecule has 10 heteroatoms. The fourth-order valence-corrected chi connectivity index (χ4v) is 4.49. The standard InChI is InChI=1S/C27H35ClN4O5/c1-2-19-7-9-21(10-8-19)30-26(36)37-18-27(31-24(34)17-20-5-3-4-6-22(20)28)12-15-32(16-13-27)25(35)23(33)11-14-29/h3-10,23,33H,2,11-18,29H2,1H3,(H,30,36)(H,31,34). The van der Waals surface area contributed by atoms with Crippen LogP contribution >= 0.6 is 11.6 Å². The SMILES string of the molecule is CCc1ccc(NC(=O)OCC2(NC(=O)Cc3ccccc3Cl)CCN(C(=O)C(O)CCN)CC2)cc1. The number of benzene rings is 2. The van der Waals surface area contributed by atoms with E-state index >= 15 is 0 Å². The monoisotopic (exact) mass is 530 g/mol.